The highest BCUT2D eigenvalue weighted by Crippen LogP contribution is 2.28. The van der Waals surface area contributed by atoms with E-state index in [1.54, 1.807) is 0 Å². The Kier molecular flexibility index (Phi) is 3.74. The molecule has 0 aliphatic rings. The quantitative estimate of drug-likeness (QED) is 0.520. The molecule has 0 radical (unpaired) electrons. The molecule has 0 aliphatic heterocycles. The van der Waals surface area contributed by atoms with E-state index in [-0.39, 0.29) is 5.24 Å². The number of alkyl halides is 1. The summed E-state index contributed by atoms with van der Waals surface area (Å²) in [7, 11) is 0. The lowest BCUT2D eigenvalue weighted by Gasteiger charge is -2.17. The molecule has 0 rings (SSSR count). The molecule has 0 aromatic carbocycles. The first-order chi connectivity index (χ1) is 4.06. The molecule has 0 aromatic heterocycles. The molecule has 0 spiro atoms. The summed E-state index contributed by atoms with van der Waals surface area (Å²) in [6.45, 7) is 3.86. The van der Waals surface area contributed by atoms with Gasteiger partial charge in [0.25, 0.3) is 0 Å². The summed E-state index contributed by atoms with van der Waals surface area (Å²) in [5.41, 5.74) is 0. The van der Waals surface area contributed by atoms with Crippen LogP contribution in [-0.4, -0.2) is 9.57 Å². The molecule has 0 aliphatic carbocycles. The molecule has 1 nitrogen and oxygen atoms in total. The third-order valence-corrected chi connectivity index (χ3v) is 3.54. The van der Waals surface area contributed by atoms with E-state index in [9.17, 15) is 4.79 Å². The number of hydrogen-bond acceptors (Lipinski definition) is 1. The van der Waals surface area contributed by atoms with Crippen molar-refractivity contribution in [3.63, 3.8) is 0 Å². The van der Waals surface area contributed by atoms with Crippen LogP contribution in [0.15, 0.2) is 0 Å². The van der Waals surface area contributed by atoms with Gasteiger partial charge in [-0.1, -0.05) is 29.8 Å². The molecular formula is C6H10BrClO. The lowest BCUT2D eigenvalue weighted by atomic mass is 10.1. The van der Waals surface area contributed by atoms with E-state index in [0.717, 1.165) is 12.8 Å². The minimum atomic E-state index is -0.478. The van der Waals surface area contributed by atoms with Crippen molar-refractivity contribution in [2.75, 3.05) is 0 Å². The fraction of sp³-hybridized carbons (Fsp3) is 0.833. The molecule has 0 aromatic rings. The second kappa shape index (κ2) is 3.57. The standard InChI is InChI=1S/C6H10BrClO/c1-3-6(7,4-2)5(8)9/h3-4H2,1-2H3. The highest BCUT2D eigenvalue weighted by molar-refractivity contribution is 9.10. The maximum atomic E-state index is 10.6. The van der Waals surface area contributed by atoms with Gasteiger partial charge in [-0.25, -0.2) is 0 Å². The summed E-state index contributed by atoms with van der Waals surface area (Å²) in [6.07, 6.45) is 1.48. The van der Waals surface area contributed by atoms with Gasteiger partial charge < -0.3 is 0 Å². The van der Waals surface area contributed by atoms with Gasteiger partial charge in [0.2, 0.25) is 5.24 Å². The highest BCUT2D eigenvalue weighted by Gasteiger charge is 2.29. The molecule has 0 unspecified atom stereocenters. The second-order valence-corrected chi connectivity index (χ2v) is 3.81. The van der Waals surface area contributed by atoms with Crippen LogP contribution in [0, 0.1) is 0 Å². The minimum absolute atomic E-state index is 0.299. The van der Waals surface area contributed by atoms with Crippen LogP contribution < -0.4 is 0 Å². The molecule has 0 atom stereocenters. The van der Waals surface area contributed by atoms with E-state index >= 15 is 0 Å². The zero-order chi connectivity index (χ0) is 7.49. The van der Waals surface area contributed by atoms with Crippen LogP contribution in [0.5, 0.6) is 0 Å². The van der Waals surface area contributed by atoms with E-state index in [0.29, 0.717) is 0 Å². The van der Waals surface area contributed by atoms with Crippen LogP contribution in [0.3, 0.4) is 0 Å². The summed E-state index contributed by atoms with van der Waals surface area (Å²) >= 11 is 8.57. The molecule has 0 heterocycles. The van der Waals surface area contributed by atoms with E-state index in [4.69, 9.17) is 11.6 Å². The molecule has 9 heavy (non-hydrogen) atoms. The van der Waals surface area contributed by atoms with Gasteiger partial charge in [-0.05, 0) is 24.4 Å². The van der Waals surface area contributed by atoms with Crippen molar-refractivity contribution in [2.45, 2.75) is 31.0 Å². The third kappa shape index (κ3) is 2.26. The normalized spacial score (nSPS) is 11.6. The predicted molar refractivity (Wildman–Crippen MR) is 43.1 cm³/mol. The number of carbonyl (C=O) groups is 1. The van der Waals surface area contributed by atoms with Gasteiger partial charge in [0, 0.05) is 0 Å². The van der Waals surface area contributed by atoms with Crippen molar-refractivity contribution in [2.24, 2.45) is 0 Å². The Balaban J connectivity index is 4.09. The third-order valence-electron chi connectivity index (χ3n) is 1.47. The van der Waals surface area contributed by atoms with Crippen molar-refractivity contribution in [3.05, 3.63) is 0 Å². The van der Waals surface area contributed by atoms with Crippen molar-refractivity contribution in [3.8, 4) is 0 Å². The van der Waals surface area contributed by atoms with Crippen molar-refractivity contribution >= 4 is 32.8 Å². The average Bonchev–Trinajstić information content (AvgIpc) is 1.86. The van der Waals surface area contributed by atoms with Gasteiger partial charge >= 0.3 is 0 Å². The van der Waals surface area contributed by atoms with E-state index in [1.807, 2.05) is 13.8 Å². The molecule has 3 heteroatoms. The predicted octanol–water partition coefficient (Wildman–Crippen LogP) is 2.71. The SMILES string of the molecule is CCC(Br)(CC)C(=O)Cl. The fourth-order valence-corrected chi connectivity index (χ4v) is 0.795. The average molecular weight is 214 g/mol. The molecule has 0 fully saturated rings. The largest absolute Gasteiger partial charge is 0.280 e. The Bertz CT molecular complexity index is 110. The zero-order valence-electron chi connectivity index (χ0n) is 5.58. The van der Waals surface area contributed by atoms with Crippen LogP contribution in [0.25, 0.3) is 0 Å². The van der Waals surface area contributed by atoms with Gasteiger partial charge in [0.05, 0.1) is 4.32 Å². The number of hydrogen-bond donors (Lipinski definition) is 0. The molecule has 0 saturated heterocycles. The van der Waals surface area contributed by atoms with Crippen molar-refractivity contribution in [1.29, 1.82) is 0 Å². The Morgan fingerprint density at radius 2 is 1.89 bits per heavy atom. The fourth-order valence-electron chi connectivity index (χ4n) is 0.528. The number of carbonyl (C=O) groups excluding carboxylic acids is 1. The second-order valence-electron chi connectivity index (χ2n) is 1.95. The topological polar surface area (TPSA) is 17.1 Å². The molecule has 0 N–H and O–H groups in total. The van der Waals surface area contributed by atoms with Gasteiger partial charge in [-0.3, -0.25) is 4.79 Å². The van der Waals surface area contributed by atoms with Gasteiger partial charge in [-0.2, -0.15) is 0 Å². The summed E-state index contributed by atoms with van der Waals surface area (Å²) in [5.74, 6) is 0. The smallest absolute Gasteiger partial charge is 0.238 e. The Morgan fingerprint density at radius 1 is 1.56 bits per heavy atom. The van der Waals surface area contributed by atoms with Crippen LogP contribution in [0.2, 0.25) is 0 Å². The molecule has 0 saturated carbocycles. The zero-order valence-corrected chi connectivity index (χ0v) is 7.92. The Hall–Kier alpha value is 0.440. The monoisotopic (exact) mass is 212 g/mol. The van der Waals surface area contributed by atoms with E-state index < -0.39 is 4.32 Å². The maximum absolute atomic E-state index is 10.6. The molecule has 0 amide bonds. The lowest BCUT2D eigenvalue weighted by molar-refractivity contribution is -0.113. The summed E-state index contributed by atoms with van der Waals surface area (Å²) in [4.78, 5) is 10.6. The molecular weight excluding hydrogens is 203 g/mol. The van der Waals surface area contributed by atoms with E-state index in [2.05, 4.69) is 15.9 Å². The first-order valence-electron chi connectivity index (χ1n) is 2.95. The van der Waals surface area contributed by atoms with Crippen LogP contribution in [0.1, 0.15) is 26.7 Å². The minimum Gasteiger partial charge on any atom is -0.280 e. The lowest BCUT2D eigenvalue weighted by Crippen LogP contribution is -2.25. The number of rotatable bonds is 3. The van der Waals surface area contributed by atoms with Crippen LogP contribution in [-0.2, 0) is 4.79 Å². The molecule has 0 bridgehead atoms. The van der Waals surface area contributed by atoms with Gasteiger partial charge in [-0.15, -0.1) is 0 Å². The van der Waals surface area contributed by atoms with Gasteiger partial charge in [0.15, 0.2) is 0 Å². The van der Waals surface area contributed by atoms with Crippen LogP contribution >= 0.6 is 27.5 Å². The first kappa shape index (κ1) is 9.44. The summed E-state index contributed by atoms with van der Waals surface area (Å²) in [5, 5.41) is -0.299. The van der Waals surface area contributed by atoms with E-state index in [1.165, 1.54) is 0 Å². The first-order valence-corrected chi connectivity index (χ1v) is 4.12. The van der Waals surface area contributed by atoms with Crippen LogP contribution in [0.4, 0.5) is 0 Å². The Morgan fingerprint density at radius 3 is 1.89 bits per heavy atom. The Labute approximate surface area is 68.9 Å². The molecule has 54 valence electrons. The number of halogens is 2. The van der Waals surface area contributed by atoms with Gasteiger partial charge in [0.1, 0.15) is 0 Å². The summed E-state index contributed by atoms with van der Waals surface area (Å²) < 4.78 is -0.478. The summed E-state index contributed by atoms with van der Waals surface area (Å²) in [6, 6.07) is 0. The van der Waals surface area contributed by atoms with Crippen molar-refractivity contribution in [1.82, 2.24) is 0 Å². The van der Waals surface area contributed by atoms with Crippen molar-refractivity contribution < 1.29 is 4.79 Å². The highest BCUT2D eigenvalue weighted by atomic mass is 79.9. The maximum Gasteiger partial charge on any atom is 0.238 e.